The first-order valence-corrected chi connectivity index (χ1v) is 9.27. The second kappa shape index (κ2) is 7.64. The molecule has 0 fully saturated rings. The third-order valence-electron chi connectivity index (χ3n) is 3.35. The van der Waals surface area contributed by atoms with Gasteiger partial charge in [-0.1, -0.05) is 32.4 Å². The molecule has 1 N–H and O–H groups in total. The second-order valence-electron chi connectivity index (χ2n) is 6.85. The van der Waals surface area contributed by atoms with Crippen LogP contribution in [-0.4, -0.2) is 39.3 Å². The first-order chi connectivity index (χ1) is 10.4. The first kappa shape index (κ1) is 19.9. The minimum Gasteiger partial charge on any atom is -0.352 e. The molecule has 0 radical (unpaired) electrons. The zero-order chi connectivity index (χ0) is 17.8. The van der Waals surface area contributed by atoms with E-state index in [1.807, 2.05) is 0 Å². The van der Waals surface area contributed by atoms with Crippen molar-refractivity contribution in [1.82, 2.24) is 9.62 Å². The fourth-order valence-electron chi connectivity index (χ4n) is 1.97. The summed E-state index contributed by atoms with van der Waals surface area (Å²) < 4.78 is 25.4. The third kappa shape index (κ3) is 5.79. The van der Waals surface area contributed by atoms with Crippen molar-refractivity contribution in [1.29, 1.82) is 0 Å². The van der Waals surface area contributed by atoms with Crippen molar-refractivity contribution >= 4 is 27.5 Å². The van der Waals surface area contributed by atoms with Crippen LogP contribution >= 0.6 is 11.6 Å². The maximum absolute atomic E-state index is 12.2. The minimum absolute atomic E-state index is 0.0479. The van der Waals surface area contributed by atoms with Crippen molar-refractivity contribution in [3.63, 3.8) is 0 Å². The van der Waals surface area contributed by atoms with Crippen molar-refractivity contribution in [3.8, 4) is 0 Å². The van der Waals surface area contributed by atoms with Crippen molar-refractivity contribution in [2.45, 2.75) is 38.5 Å². The summed E-state index contributed by atoms with van der Waals surface area (Å²) in [4.78, 5) is 12.3. The molecule has 130 valence electrons. The molecule has 0 saturated carbocycles. The average molecular weight is 361 g/mol. The van der Waals surface area contributed by atoms with E-state index in [0.29, 0.717) is 6.54 Å². The quantitative estimate of drug-likeness (QED) is 0.792. The summed E-state index contributed by atoms with van der Waals surface area (Å²) in [6, 6.07) is 4.15. The lowest BCUT2D eigenvalue weighted by molar-refractivity contribution is 0.0951. The van der Waals surface area contributed by atoms with Crippen LogP contribution in [0.25, 0.3) is 0 Å². The zero-order valence-corrected chi connectivity index (χ0v) is 15.9. The molecule has 0 heterocycles. The molecule has 0 aliphatic heterocycles. The zero-order valence-electron chi connectivity index (χ0n) is 14.3. The Morgan fingerprint density at radius 3 is 2.39 bits per heavy atom. The van der Waals surface area contributed by atoms with Crippen LogP contribution in [0.3, 0.4) is 0 Å². The van der Waals surface area contributed by atoms with Crippen LogP contribution < -0.4 is 5.32 Å². The van der Waals surface area contributed by atoms with E-state index >= 15 is 0 Å². The van der Waals surface area contributed by atoms with Gasteiger partial charge in [0.25, 0.3) is 5.91 Å². The van der Waals surface area contributed by atoms with Gasteiger partial charge in [0.1, 0.15) is 0 Å². The van der Waals surface area contributed by atoms with E-state index in [1.54, 1.807) is 0 Å². The lowest BCUT2D eigenvalue weighted by Gasteiger charge is -2.18. The highest BCUT2D eigenvalue weighted by atomic mass is 35.5. The second-order valence-corrected chi connectivity index (χ2v) is 9.41. The van der Waals surface area contributed by atoms with Gasteiger partial charge in [-0.3, -0.25) is 4.79 Å². The lowest BCUT2D eigenvalue weighted by Crippen LogP contribution is -2.27. The summed E-state index contributed by atoms with van der Waals surface area (Å²) in [5.74, 6) is -0.361. The predicted octanol–water partition coefficient (Wildman–Crippen LogP) is 3.15. The van der Waals surface area contributed by atoms with E-state index in [1.165, 1.54) is 32.3 Å². The Bertz CT molecular complexity index is 664. The Balaban J connectivity index is 2.85. The number of rotatable bonds is 6. The number of sulfonamides is 1. The third-order valence-corrected chi connectivity index (χ3v) is 5.49. The molecule has 0 saturated heterocycles. The molecule has 0 unspecified atom stereocenters. The van der Waals surface area contributed by atoms with Gasteiger partial charge in [0.05, 0.1) is 15.5 Å². The number of nitrogens with zero attached hydrogens (tertiary/aromatic N) is 1. The van der Waals surface area contributed by atoms with Crippen LogP contribution in [-0.2, 0) is 10.0 Å². The summed E-state index contributed by atoms with van der Waals surface area (Å²) in [5.41, 5.74) is 0.382. The summed E-state index contributed by atoms with van der Waals surface area (Å²) in [6.45, 7) is 6.95. The summed E-state index contributed by atoms with van der Waals surface area (Å²) in [7, 11) is -0.718. The van der Waals surface area contributed by atoms with Gasteiger partial charge in [0, 0.05) is 20.6 Å². The molecule has 1 amide bonds. The van der Waals surface area contributed by atoms with Crippen LogP contribution in [0.15, 0.2) is 23.1 Å². The monoisotopic (exact) mass is 360 g/mol. The van der Waals surface area contributed by atoms with E-state index in [2.05, 4.69) is 26.1 Å². The molecular formula is C16H25ClN2O3S. The molecule has 0 bridgehead atoms. The standard InChI is InChI=1S/C16H25ClN2O3S/c1-16(2,3)9-6-10-18-15(20)13-11-12(7-8-14(13)17)23(21,22)19(4)5/h7-8,11H,6,9-10H2,1-5H3,(H,18,20). The van der Waals surface area contributed by atoms with Gasteiger partial charge in [-0.25, -0.2) is 12.7 Å². The van der Waals surface area contributed by atoms with Crippen molar-refractivity contribution < 1.29 is 13.2 Å². The van der Waals surface area contributed by atoms with Crippen molar-refractivity contribution in [2.24, 2.45) is 5.41 Å². The largest absolute Gasteiger partial charge is 0.352 e. The normalized spacial score (nSPS) is 12.5. The molecule has 1 rings (SSSR count). The van der Waals surface area contributed by atoms with Gasteiger partial charge in [-0.15, -0.1) is 0 Å². The van der Waals surface area contributed by atoms with Gasteiger partial charge in [-0.05, 0) is 36.5 Å². The van der Waals surface area contributed by atoms with Gasteiger partial charge in [0.2, 0.25) is 10.0 Å². The highest BCUT2D eigenvalue weighted by molar-refractivity contribution is 7.89. The molecule has 7 heteroatoms. The Labute approximate surface area is 144 Å². The lowest BCUT2D eigenvalue weighted by atomic mass is 9.91. The fraction of sp³-hybridized carbons (Fsp3) is 0.562. The summed E-state index contributed by atoms with van der Waals surface area (Å²) >= 11 is 6.04. The molecule has 0 aromatic heterocycles. The smallest absolute Gasteiger partial charge is 0.252 e. The van der Waals surface area contributed by atoms with Gasteiger partial charge in [0.15, 0.2) is 0 Å². The van der Waals surface area contributed by atoms with Crippen molar-refractivity contribution in [2.75, 3.05) is 20.6 Å². The topological polar surface area (TPSA) is 66.5 Å². The summed E-state index contributed by atoms with van der Waals surface area (Å²) in [6.07, 6.45) is 1.83. The molecule has 1 aromatic carbocycles. The molecule has 0 aliphatic carbocycles. The van der Waals surface area contributed by atoms with Crippen LogP contribution in [0.5, 0.6) is 0 Å². The van der Waals surface area contributed by atoms with Gasteiger partial charge in [-0.2, -0.15) is 0 Å². The molecular weight excluding hydrogens is 336 g/mol. The van der Waals surface area contributed by atoms with Crippen molar-refractivity contribution in [3.05, 3.63) is 28.8 Å². The average Bonchev–Trinajstić information content (AvgIpc) is 2.42. The van der Waals surface area contributed by atoms with Gasteiger partial charge < -0.3 is 5.32 Å². The number of amides is 1. The van der Waals surface area contributed by atoms with Crippen LogP contribution in [0, 0.1) is 5.41 Å². The maximum atomic E-state index is 12.2. The maximum Gasteiger partial charge on any atom is 0.252 e. The highest BCUT2D eigenvalue weighted by Crippen LogP contribution is 2.23. The van der Waals surface area contributed by atoms with Crippen LogP contribution in [0.2, 0.25) is 5.02 Å². The number of carbonyl (C=O) groups excluding carboxylic acids is 1. The SMILES string of the molecule is CN(C)S(=O)(=O)c1ccc(Cl)c(C(=O)NCCCC(C)(C)C)c1. The molecule has 0 aliphatic rings. The number of benzene rings is 1. The molecule has 1 aromatic rings. The van der Waals surface area contributed by atoms with Gasteiger partial charge >= 0.3 is 0 Å². The van der Waals surface area contributed by atoms with E-state index in [0.717, 1.165) is 17.1 Å². The molecule has 5 nitrogen and oxygen atoms in total. The Morgan fingerprint density at radius 2 is 1.87 bits per heavy atom. The number of hydrogen-bond acceptors (Lipinski definition) is 3. The number of hydrogen-bond donors (Lipinski definition) is 1. The molecule has 23 heavy (non-hydrogen) atoms. The molecule has 0 atom stereocenters. The van der Waals surface area contributed by atoms with Crippen LogP contribution in [0.4, 0.5) is 0 Å². The Kier molecular flexibility index (Phi) is 6.62. The van der Waals surface area contributed by atoms with E-state index < -0.39 is 10.0 Å². The molecule has 0 spiro atoms. The number of halogens is 1. The Hall–Kier alpha value is -1.11. The van der Waals surface area contributed by atoms with E-state index in [-0.39, 0.29) is 26.8 Å². The minimum atomic E-state index is -3.60. The van der Waals surface area contributed by atoms with E-state index in [4.69, 9.17) is 11.6 Å². The first-order valence-electron chi connectivity index (χ1n) is 7.45. The fourth-order valence-corrected chi connectivity index (χ4v) is 3.10. The van der Waals surface area contributed by atoms with Crippen LogP contribution in [0.1, 0.15) is 44.0 Å². The number of nitrogens with one attached hydrogen (secondary N) is 1. The number of carbonyl (C=O) groups is 1. The van der Waals surface area contributed by atoms with E-state index in [9.17, 15) is 13.2 Å². The predicted molar refractivity (Wildman–Crippen MR) is 93.3 cm³/mol. The highest BCUT2D eigenvalue weighted by Gasteiger charge is 2.20. The summed E-state index contributed by atoms with van der Waals surface area (Å²) in [5, 5.41) is 3.02. The Morgan fingerprint density at radius 1 is 1.26 bits per heavy atom.